The summed E-state index contributed by atoms with van der Waals surface area (Å²) in [5.41, 5.74) is 6.79. The summed E-state index contributed by atoms with van der Waals surface area (Å²) in [7, 11) is 1.64. The van der Waals surface area contributed by atoms with Crippen LogP contribution in [0.15, 0.2) is 18.2 Å². The Bertz CT molecular complexity index is 401. The number of ether oxygens (including phenoxy) is 4. The summed E-state index contributed by atoms with van der Waals surface area (Å²) in [6.45, 7) is 5.11. The molecule has 1 aromatic carbocycles. The van der Waals surface area contributed by atoms with Crippen LogP contribution in [0.3, 0.4) is 0 Å². The van der Waals surface area contributed by atoms with Crippen LogP contribution in [-0.2, 0) is 14.2 Å². The molecular weight excluding hydrogens is 294 g/mol. The lowest BCUT2D eigenvalue weighted by Gasteiger charge is -2.14. The van der Waals surface area contributed by atoms with Crippen LogP contribution in [0.4, 0.5) is 0 Å². The summed E-state index contributed by atoms with van der Waals surface area (Å²) in [5.74, 6) is 0.745. The Morgan fingerprint density at radius 1 is 1.05 bits per heavy atom. The van der Waals surface area contributed by atoms with E-state index in [9.17, 15) is 0 Å². The van der Waals surface area contributed by atoms with Gasteiger partial charge in [-0.3, -0.25) is 0 Å². The van der Waals surface area contributed by atoms with Gasteiger partial charge in [0.25, 0.3) is 0 Å². The van der Waals surface area contributed by atoms with Gasteiger partial charge in [-0.15, -0.1) is 0 Å². The van der Waals surface area contributed by atoms with Crippen LogP contribution >= 0.6 is 11.6 Å². The van der Waals surface area contributed by atoms with Gasteiger partial charge < -0.3 is 24.7 Å². The van der Waals surface area contributed by atoms with Crippen LogP contribution in [0.25, 0.3) is 0 Å². The summed E-state index contributed by atoms with van der Waals surface area (Å²) >= 11 is 5.96. The molecule has 0 fully saturated rings. The molecule has 1 aromatic rings. The average molecular weight is 318 g/mol. The molecule has 120 valence electrons. The monoisotopic (exact) mass is 317 g/mol. The van der Waals surface area contributed by atoms with Crippen LogP contribution in [0.2, 0.25) is 5.02 Å². The fraction of sp³-hybridized carbons (Fsp3) is 0.600. The molecule has 21 heavy (non-hydrogen) atoms. The van der Waals surface area contributed by atoms with Gasteiger partial charge in [-0.05, 0) is 25.1 Å². The van der Waals surface area contributed by atoms with Crippen LogP contribution < -0.4 is 10.5 Å². The normalized spacial score (nSPS) is 12.4. The van der Waals surface area contributed by atoms with Gasteiger partial charge >= 0.3 is 0 Å². The summed E-state index contributed by atoms with van der Waals surface area (Å²) in [6.07, 6.45) is 0. The summed E-state index contributed by atoms with van der Waals surface area (Å²) < 4.78 is 21.2. The predicted molar refractivity (Wildman–Crippen MR) is 83.1 cm³/mol. The molecule has 0 amide bonds. The van der Waals surface area contributed by atoms with E-state index in [1.165, 1.54) is 0 Å². The number of hydrogen-bond donors (Lipinski definition) is 1. The second kappa shape index (κ2) is 10.8. The van der Waals surface area contributed by atoms with Crippen LogP contribution in [0, 0.1) is 0 Å². The van der Waals surface area contributed by atoms with Crippen molar-refractivity contribution in [1.82, 2.24) is 0 Å². The zero-order valence-electron chi connectivity index (χ0n) is 12.6. The largest absolute Gasteiger partial charge is 0.491 e. The number of hydrogen-bond acceptors (Lipinski definition) is 5. The Hall–Kier alpha value is -0.850. The van der Waals surface area contributed by atoms with E-state index in [2.05, 4.69) is 0 Å². The van der Waals surface area contributed by atoms with Crippen molar-refractivity contribution in [2.75, 3.05) is 46.8 Å². The van der Waals surface area contributed by atoms with Crippen molar-refractivity contribution in [3.8, 4) is 5.75 Å². The highest BCUT2D eigenvalue weighted by Crippen LogP contribution is 2.27. The van der Waals surface area contributed by atoms with Crippen LogP contribution in [0.5, 0.6) is 5.75 Å². The van der Waals surface area contributed by atoms with Crippen molar-refractivity contribution >= 4 is 11.6 Å². The van der Waals surface area contributed by atoms with Gasteiger partial charge in [0.15, 0.2) is 0 Å². The molecule has 0 aliphatic carbocycles. The van der Waals surface area contributed by atoms with E-state index >= 15 is 0 Å². The van der Waals surface area contributed by atoms with Gasteiger partial charge in [0.2, 0.25) is 0 Å². The maximum absolute atomic E-state index is 5.96. The quantitative estimate of drug-likeness (QED) is 0.635. The van der Waals surface area contributed by atoms with E-state index in [4.69, 9.17) is 36.3 Å². The zero-order valence-corrected chi connectivity index (χ0v) is 13.4. The first-order valence-corrected chi connectivity index (χ1v) is 7.35. The lowest BCUT2D eigenvalue weighted by molar-refractivity contribution is 0.0179. The Morgan fingerprint density at radius 2 is 1.67 bits per heavy atom. The number of benzene rings is 1. The molecule has 0 spiro atoms. The van der Waals surface area contributed by atoms with Gasteiger partial charge in [-0.25, -0.2) is 0 Å². The number of methoxy groups -OCH3 is 1. The molecule has 0 aliphatic rings. The highest BCUT2D eigenvalue weighted by Gasteiger charge is 2.08. The fourth-order valence-electron chi connectivity index (χ4n) is 1.68. The number of rotatable bonds is 11. The Labute approximate surface area is 131 Å². The summed E-state index contributed by atoms with van der Waals surface area (Å²) in [6, 6.07) is 5.31. The predicted octanol–water partition coefficient (Wildman–Crippen LogP) is 2.42. The average Bonchev–Trinajstić information content (AvgIpc) is 2.46. The number of halogens is 1. The second-order valence-electron chi connectivity index (χ2n) is 4.54. The molecule has 0 aliphatic heterocycles. The summed E-state index contributed by atoms with van der Waals surface area (Å²) in [5, 5.41) is 0.652. The Kier molecular flexibility index (Phi) is 9.37. The van der Waals surface area contributed by atoms with Crippen molar-refractivity contribution < 1.29 is 18.9 Å². The fourth-order valence-corrected chi connectivity index (χ4v) is 1.86. The molecule has 0 saturated carbocycles. The van der Waals surface area contributed by atoms with Crippen molar-refractivity contribution in [2.24, 2.45) is 5.73 Å². The van der Waals surface area contributed by atoms with E-state index in [0.717, 1.165) is 11.3 Å². The lowest BCUT2D eigenvalue weighted by atomic mass is 10.1. The zero-order chi connectivity index (χ0) is 15.5. The Balaban J connectivity index is 2.18. The van der Waals surface area contributed by atoms with E-state index < -0.39 is 0 Å². The van der Waals surface area contributed by atoms with Crippen molar-refractivity contribution in [1.29, 1.82) is 0 Å². The minimum Gasteiger partial charge on any atom is -0.491 e. The van der Waals surface area contributed by atoms with Gasteiger partial charge in [-0.1, -0.05) is 11.6 Å². The molecule has 0 aromatic heterocycles. The third-order valence-corrected chi connectivity index (χ3v) is 2.99. The first-order valence-electron chi connectivity index (χ1n) is 6.97. The summed E-state index contributed by atoms with van der Waals surface area (Å²) in [4.78, 5) is 0. The molecule has 6 heteroatoms. The standard InChI is InChI=1S/C15H24ClNO4/c1-12(17)14-11-13(16)3-4-15(14)21-10-9-20-8-7-19-6-5-18-2/h3-4,11-12H,5-10,17H2,1-2H3. The molecule has 1 atom stereocenters. The van der Waals surface area contributed by atoms with Crippen molar-refractivity contribution in [3.63, 3.8) is 0 Å². The highest BCUT2D eigenvalue weighted by molar-refractivity contribution is 6.30. The van der Waals surface area contributed by atoms with E-state index in [1.54, 1.807) is 13.2 Å². The van der Waals surface area contributed by atoms with Gasteiger partial charge in [0.1, 0.15) is 12.4 Å². The molecule has 1 rings (SSSR count). The molecule has 1 unspecified atom stereocenters. The first-order chi connectivity index (χ1) is 10.1. The van der Waals surface area contributed by atoms with Gasteiger partial charge in [0.05, 0.1) is 33.0 Å². The minimum absolute atomic E-state index is 0.131. The SMILES string of the molecule is COCCOCCOCCOc1ccc(Cl)cc1C(C)N. The molecule has 0 saturated heterocycles. The minimum atomic E-state index is -0.131. The smallest absolute Gasteiger partial charge is 0.124 e. The first kappa shape index (κ1) is 18.2. The van der Waals surface area contributed by atoms with E-state index in [-0.39, 0.29) is 6.04 Å². The third kappa shape index (κ3) is 7.64. The molecule has 0 bridgehead atoms. The topological polar surface area (TPSA) is 62.9 Å². The van der Waals surface area contributed by atoms with E-state index in [0.29, 0.717) is 44.7 Å². The highest BCUT2D eigenvalue weighted by atomic mass is 35.5. The molecule has 2 N–H and O–H groups in total. The van der Waals surface area contributed by atoms with Gasteiger partial charge in [0, 0.05) is 23.7 Å². The van der Waals surface area contributed by atoms with Crippen molar-refractivity contribution in [2.45, 2.75) is 13.0 Å². The van der Waals surface area contributed by atoms with Crippen LogP contribution in [0.1, 0.15) is 18.5 Å². The third-order valence-electron chi connectivity index (χ3n) is 2.75. The van der Waals surface area contributed by atoms with Crippen molar-refractivity contribution in [3.05, 3.63) is 28.8 Å². The molecule has 0 radical (unpaired) electrons. The lowest BCUT2D eigenvalue weighted by Crippen LogP contribution is -2.14. The molecule has 0 heterocycles. The Morgan fingerprint density at radius 3 is 2.29 bits per heavy atom. The molecule has 5 nitrogen and oxygen atoms in total. The maximum Gasteiger partial charge on any atom is 0.124 e. The van der Waals surface area contributed by atoms with Gasteiger partial charge in [-0.2, -0.15) is 0 Å². The van der Waals surface area contributed by atoms with E-state index in [1.807, 2.05) is 19.1 Å². The van der Waals surface area contributed by atoms with Crippen LogP contribution in [-0.4, -0.2) is 46.8 Å². The molecular formula is C15H24ClNO4. The number of nitrogens with two attached hydrogens (primary N) is 1. The maximum atomic E-state index is 5.96. The second-order valence-corrected chi connectivity index (χ2v) is 4.97.